The molecule has 0 N–H and O–H groups in total. The van der Waals surface area contributed by atoms with E-state index in [2.05, 4.69) is 16.2 Å². The molecule has 0 aliphatic rings. The highest BCUT2D eigenvalue weighted by molar-refractivity contribution is 6.30. The molecule has 18 heavy (non-hydrogen) atoms. The third-order valence-electron chi connectivity index (χ3n) is 2.65. The first-order valence-corrected chi connectivity index (χ1v) is 5.66. The molecule has 0 saturated carbocycles. The van der Waals surface area contributed by atoms with E-state index in [4.69, 9.17) is 11.6 Å². The van der Waals surface area contributed by atoms with Gasteiger partial charge in [-0.2, -0.15) is 10.4 Å². The Hall–Kier alpha value is -2.38. The number of hydrogen-bond donors (Lipinski definition) is 0. The van der Waals surface area contributed by atoms with Gasteiger partial charge in [0.25, 0.3) is 0 Å². The van der Waals surface area contributed by atoms with Crippen molar-refractivity contribution in [3.05, 3.63) is 53.4 Å². The van der Waals surface area contributed by atoms with Gasteiger partial charge in [0.05, 0.1) is 28.0 Å². The highest BCUT2D eigenvalue weighted by Gasteiger charge is 2.11. The maximum absolute atomic E-state index is 9.18. The lowest BCUT2D eigenvalue weighted by Gasteiger charge is -2.07. The lowest BCUT2D eigenvalue weighted by atomic mass is 10.1. The van der Waals surface area contributed by atoms with Gasteiger partial charge in [0, 0.05) is 17.8 Å². The SMILES string of the molecule is N#Cc1cnc2ccccc2c1-n1cc(Cl)cn1. The van der Waals surface area contributed by atoms with Gasteiger partial charge in [0.2, 0.25) is 0 Å². The Balaban J connectivity index is 2.41. The van der Waals surface area contributed by atoms with Crippen LogP contribution in [0.25, 0.3) is 16.6 Å². The first kappa shape index (κ1) is 10.8. The molecule has 2 heterocycles. The van der Waals surface area contributed by atoms with Crippen LogP contribution in [0.3, 0.4) is 0 Å². The molecule has 2 aromatic heterocycles. The van der Waals surface area contributed by atoms with Crippen LogP contribution in [0.2, 0.25) is 5.02 Å². The second-order valence-electron chi connectivity index (χ2n) is 3.75. The van der Waals surface area contributed by atoms with E-state index < -0.39 is 0 Å². The molecule has 0 fully saturated rings. The standard InChI is InChI=1S/C13H7ClN4/c14-10-7-17-18(8-10)13-9(5-15)6-16-12-4-2-1-3-11(12)13/h1-4,6-8H. The van der Waals surface area contributed by atoms with Gasteiger partial charge in [-0.25, -0.2) is 4.68 Å². The first-order chi connectivity index (χ1) is 8.79. The average molecular weight is 255 g/mol. The molecule has 3 rings (SSSR count). The number of nitriles is 1. The molecule has 0 aliphatic carbocycles. The zero-order valence-electron chi connectivity index (χ0n) is 9.21. The first-order valence-electron chi connectivity index (χ1n) is 5.28. The summed E-state index contributed by atoms with van der Waals surface area (Å²) in [4.78, 5) is 4.25. The number of nitrogens with zero attached hydrogens (tertiary/aromatic N) is 4. The lowest BCUT2D eigenvalue weighted by Crippen LogP contribution is -2.00. The summed E-state index contributed by atoms with van der Waals surface area (Å²) in [5.74, 6) is 0. The van der Waals surface area contributed by atoms with Crippen LogP contribution < -0.4 is 0 Å². The molecule has 0 atom stereocenters. The minimum absolute atomic E-state index is 0.466. The third-order valence-corrected chi connectivity index (χ3v) is 2.84. The maximum Gasteiger partial charge on any atom is 0.103 e. The number of hydrogen-bond acceptors (Lipinski definition) is 3. The Morgan fingerprint density at radius 1 is 1.22 bits per heavy atom. The molecule has 0 bridgehead atoms. The Morgan fingerprint density at radius 3 is 2.78 bits per heavy atom. The molecule has 0 aliphatic heterocycles. The van der Waals surface area contributed by atoms with Gasteiger partial charge >= 0.3 is 0 Å². The highest BCUT2D eigenvalue weighted by atomic mass is 35.5. The predicted octanol–water partition coefficient (Wildman–Crippen LogP) is 2.95. The van der Waals surface area contributed by atoms with Crippen molar-refractivity contribution in [1.82, 2.24) is 14.8 Å². The maximum atomic E-state index is 9.18. The molecule has 0 spiro atoms. The fraction of sp³-hybridized carbons (Fsp3) is 0. The van der Waals surface area contributed by atoms with E-state index in [-0.39, 0.29) is 0 Å². The Bertz CT molecular complexity index is 770. The van der Waals surface area contributed by atoms with E-state index >= 15 is 0 Å². The third kappa shape index (κ3) is 1.62. The van der Waals surface area contributed by atoms with Crippen molar-refractivity contribution in [2.45, 2.75) is 0 Å². The smallest absolute Gasteiger partial charge is 0.103 e. The van der Waals surface area contributed by atoms with Crippen molar-refractivity contribution >= 4 is 22.5 Å². The summed E-state index contributed by atoms with van der Waals surface area (Å²) in [5, 5.41) is 14.7. The van der Waals surface area contributed by atoms with E-state index in [1.54, 1.807) is 17.1 Å². The summed E-state index contributed by atoms with van der Waals surface area (Å²) >= 11 is 5.88. The molecule has 0 unspecified atom stereocenters. The number of aromatic nitrogens is 3. The topological polar surface area (TPSA) is 54.5 Å². The van der Waals surface area contributed by atoms with Crippen molar-refractivity contribution in [3.63, 3.8) is 0 Å². The van der Waals surface area contributed by atoms with Gasteiger partial charge in [-0.05, 0) is 6.07 Å². The second-order valence-corrected chi connectivity index (χ2v) is 4.19. The summed E-state index contributed by atoms with van der Waals surface area (Å²) in [6.45, 7) is 0. The normalized spacial score (nSPS) is 10.4. The van der Waals surface area contributed by atoms with Crippen LogP contribution in [0, 0.1) is 11.3 Å². The van der Waals surface area contributed by atoms with Crippen LogP contribution in [-0.4, -0.2) is 14.8 Å². The van der Waals surface area contributed by atoms with Crippen LogP contribution in [-0.2, 0) is 0 Å². The number of pyridine rings is 1. The lowest BCUT2D eigenvalue weighted by molar-refractivity contribution is 0.883. The van der Waals surface area contributed by atoms with Crippen molar-refractivity contribution < 1.29 is 0 Å². The fourth-order valence-electron chi connectivity index (χ4n) is 1.88. The van der Waals surface area contributed by atoms with Gasteiger partial charge in [-0.1, -0.05) is 29.8 Å². The molecule has 0 saturated heterocycles. The Labute approximate surface area is 108 Å². The summed E-state index contributed by atoms with van der Waals surface area (Å²) in [6, 6.07) is 9.74. The summed E-state index contributed by atoms with van der Waals surface area (Å²) < 4.78 is 1.60. The largest absolute Gasteiger partial charge is 0.255 e. The summed E-state index contributed by atoms with van der Waals surface area (Å²) in [5.41, 5.74) is 1.99. The van der Waals surface area contributed by atoms with Crippen molar-refractivity contribution in [3.8, 4) is 11.8 Å². The van der Waals surface area contributed by atoms with Gasteiger partial charge in [0.15, 0.2) is 0 Å². The Kier molecular flexibility index (Phi) is 2.47. The van der Waals surface area contributed by atoms with Crippen molar-refractivity contribution in [2.75, 3.05) is 0 Å². The summed E-state index contributed by atoms with van der Waals surface area (Å²) in [6.07, 6.45) is 4.76. The van der Waals surface area contributed by atoms with E-state index in [1.165, 1.54) is 6.20 Å². The molecule has 3 aromatic rings. The zero-order valence-corrected chi connectivity index (χ0v) is 9.96. The number of para-hydroxylation sites is 1. The predicted molar refractivity (Wildman–Crippen MR) is 68.6 cm³/mol. The van der Waals surface area contributed by atoms with Crippen LogP contribution in [0.15, 0.2) is 42.9 Å². The molecule has 1 aromatic carbocycles. The van der Waals surface area contributed by atoms with Crippen molar-refractivity contribution in [2.24, 2.45) is 0 Å². The highest BCUT2D eigenvalue weighted by Crippen LogP contribution is 2.24. The second kappa shape index (κ2) is 4.13. The molecular weight excluding hydrogens is 248 g/mol. The minimum atomic E-state index is 0.466. The van der Waals surface area contributed by atoms with E-state index in [0.717, 1.165) is 10.9 Å². The van der Waals surface area contributed by atoms with Gasteiger partial charge in [-0.3, -0.25) is 4.98 Å². The van der Waals surface area contributed by atoms with E-state index in [9.17, 15) is 5.26 Å². The van der Waals surface area contributed by atoms with Gasteiger partial charge < -0.3 is 0 Å². The molecule has 86 valence electrons. The summed E-state index contributed by atoms with van der Waals surface area (Å²) in [7, 11) is 0. The van der Waals surface area contributed by atoms with E-state index in [1.807, 2.05) is 24.3 Å². The molecule has 0 radical (unpaired) electrons. The molecular formula is C13H7ClN4. The van der Waals surface area contributed by atoms with Crippen LogP contribution in [0.5, 0.6) is 0 Å². The quantitative estimate of drug-likeness (QED) is 0.671. The average Bonchev–Trinajstić information content (AvgIpc) is 2.83. The molecule has 4 nitrogen and oxygen atoms in total. The number of benzene rings is 1. The van der Waals surface area contributed by atoms with Crippen LogP contribution in [0.4, 0.5) is 0 Å². The minimum Gasteiger partial charge on any atom is -0.255 e. The van der Waals surface area contributed by atoms with Crippen LogP contribution >= 0.6 is 11.6 Å². The Morgan fingerprint density at radius 2 is 2.06 bits per heavy atom. The van der Waals surface area contributed by atoms with Crippen molar-refractivity contribution in [1.29, 1.82) is 5.26 Å². The fourth-order valence-corrected chi connectivity index (χ4v) is 2.01. The zero-order chi connectivity index (χ0) is 12.5. The number of rotatable bonds is 1. The number of fused-ring (bicyclic) bond motifs is 1. The monoisotopic (exact) mass is 254 g/mol. The number of halogens is 1. The van der Waals surface area contributed by atoms with E-state index in [0.29, 0.717) is 16.3 Å². The molecule has 0 amide bonds. The van der Waals surface area contributed by atoms with Gasteiger partial charge in [-0.15, -0.1) is 0 Å². The van der Waals surface area contributed by atoms with Gasteiger partial charge in [0.1, 0.15) is 6.07 Å². The van der Waals surface area contributed by atoms with Crippen LogP contribution in [0.1, 0.15) is 5.56 Å². The molecule has 5 heteroatoms.